The maximum absolute atomic E-state index is 11.0. The molecule has 2 aliphatic rings. The van der Waals surface area contributed by atoms with Crippen LogP contribution in [0.25, 0.3) is 0 Å². The lowest BCUT2D eigenvalue weighted by atomic mass is 9.70. The summed E-state index contributed by atoms with van der Waals surface area (Å²) in [6.45, 7) is 4.01. The van der Waals surface area contributed by atoms with Gasteiger partial charge in [-0.05, 0) is 30.6 Å². The Morgan fingerprint density at radius 3 is 2.33 bits per heavy atom. The van der Waals surface area contributed by atoms with Crippen molar-refractivity contribution in [2.24, 2.45) is 16.7 Å². The molecule has 0 saturated heterocycles. The first kappa shape index (κ1) is 11.4. The molecule has 0 aromatic carbocycles. The molecule has 0 aromatic heterocycles. The summed E-state index contributed by atoms with van der Waals surface area (Å²) >= 11 is 0. The number of aliphatic hydroxyl groups is 1. The third kappa shape index (κ3) is 1.44. The topological polar surface area (TPSA) is 74.6 Å². The quantitative estimate of drug-likeness (QED) is 0.701. The van der Waals surface area contributed by atoms with E-state index < -0.39 is 21.6 Å². The second-order valence-electron chi connectivity index (χ2n) is 5.59. The van der Waals surface area contributed by atoms with E-state index in [9.17, 15) is 13.5 Å². The van der Waals surface area contributed by atoms with Gasteiger partial charge < -0.3 is 5.11 Å². The van der Waals surface area contributed by atoms with Crippen molar-refractivity contribution in [2.75, 3.05) is 5.75 Å². The van der Waals surface area contributed by atoms with Crippen molar-refractivity contribution in [2.45, 2.75) is 39.2 Å². The standard InChI is InChI=1S/C10H18O4S/c1-9(2)7-3-4-10(9,8(11)5-7)6-15(12,13)14/h7-8,11H,3-6H2,1-2H3,(H,12,13,14)/t7-,8+,10-/m0/s1. The highest BCUT2D eigenvalue weighted by atomic mass is 32.2. The third-order valence-electron chi connectivity index (χ3n) is 4.83. The molecule has 4 nitrogen and oxygen atoms in total. The predicted octanol–water partition coefficient (Wildman–Crippen LogP) is 1.06. The Kier molecular flexibility index (Phi) is 2.24. The lowest BCUT2D eigenvalue weighted by molar-refractivity contribution is 0.0142. The van der Waals surface area contributed by atoms with Crippen LogP contribution in [-0.4, -0.2) is 29.9 Å². The van der Waals surface area contributed by atoms with Crippen molar-refractivity contribution < 1.29 is 18.1 Å². The van der Waals surface area contributed by atoms with Crippen molar-refractivity contribution in [1.82, 2.24) is 0 Å². The van der Waals surface area contributed by atoms with E-state index in [1.807, 2.05) is 13.8 Å². The van der Waals surface area contributed by atoms with Gasteiger partial charge in [0.15, 0.2) is 0 Å². The lowest BCUT2D eigenvalue weighted by Crippen LogP contribution is -2.44. The molecule has 2 rings (SSSR count). The van der Waals surface area contributed by atoms with E-state index in [0.717, 1.165) is 6.42 Å². The second kappa shape index (κ2) is 2.96. The summed E-state index contributed by atoms with van der Waals surface area (Å²) in [4.78, 5) is 0. The molecule has 15 heavy (non-hydrogen) atoms. The van der Waals surface area contributed by atoms with E-state index in [1.165, 1.54) is 0 Å². The van der Waals surface area contributed by atoms with Gasteiger partial charge in [0.25, 0.3) is 10.1 Å². The predicted molar refractivity (Wildman–Crippen MR) is 56.0 cm³/mol. The summed E-state index contributed by atoms with van der Waals surface area (Å²) in [7, 11) is -4.02. The van der Waals surface area contributed by atoms with Crippen molar-refractivity contribution in [3.8, 4) is 0 Å². The fourth-order valence-electron chi connectivity index (χ4n) is 3.70. The zero-order valence-electron chi connectivity index (χ0n) is 9.10. The van der Waals surface area contributed by atoms with Gasteiger partial charge in [-0.3, -0.25) is 4.55 Å². The molecule has 0 radical (unpaired) electrons. The van der Waals surface area contributed by atoms with E-state index in [4.69, 9.17) is 4.55 Å². The first-order chi connectivity index (χ1) is 6.69. The van der Waals surface area contributed by atoms with E-state index >= 15 is 0 Å². The normalized spacial score (nSPS) is 43.5. The fraction of sp³-hybridized carbons (Fsp3) is 1.00. The van der Waals surface area contributed by atoms with Gasteiger partial charge in [-0.25, -0.2) is 0 Å². The molecule has 0 aromatic rings. The summed E-state index contributed by atoms with van der Waals surface area (Å²) in [5, 5.41) is 9.99. The molecule has 88 valence electrons. The van der Waals surface area contributed by atoms with Gasteiger partial charge in [-0.1, -0.05) is 13.8 Å². The number of hydrogen-bond donors (Lipinski definition) is 2. The summed E-state index contributed by atoms with van der Waals surface area (Å²) in [5.41, 5.74) is -0.826. The molecule has 2 aliphatic carbocycles. The van der Waals surface area contributed by atoms with Crippen LogP contribution < -0.4 is 0 Å². The Morgan fingerprint density at radius 2 is 2.00 bits per heavy atom. The monoisotopic (exact) mass is 234 g/mol. The Morgan fingerprint density at radius 1 is 1.40 bits per heavy atom. The van der Waals surface area contributed by atoms with Crippen molar-refractivity contribution in [1.29, 1.82) is 0 Å². The molecule has 2 bridgehead atoms. The molecular formula is C10H18O4S. The van der Waals surface area contributed by atoms with Gasteiger partial charge in [-0.2, -0.15) is 8.42 Å². The maximum atomic E-state index is 11.0. The van der Waals surface area contributed by atoms with Crippen LogP contribution in [0.1, 0.15) is 33.1 Å². The Balaban J connectivity index is 2.40. The molecule has 0 aliphatic heterocycles. The van der Waals surface area contributed by atoms with Crippen molar-refractivity contribution >= 4 is 10.1 Å². The van der Waals surface area contributed by atoms with Gasteiger partial charge >= 0.3 is 0 Å². The minimum atomic E-state index is -4.02. The summed E-state index contributed by atoms with van der Waals surface area (Å²) < 4.78 is 31.1. The Hall–Kier alpha value is -0.130. The van der Waals surface area contributed by atoms with Crippen molar-refractivity contribution in [3.05, 3.63) is 0 Å². The van der Waals surface area contributed by atoms with Crippen LogP contribution in [0.5, 0.6) is 0 Å². The second-order valence-corrected chi connectivity index (χ2v) is 7.04. The molecule has 0 spiro atoms. The minimum Gasteiger partial charge on any atom is -0.392 e. The SMILES string of the molecule is CC1(C)[C@H]2CC[C@]1(CS(=O)(=O)O)[C@H](O)C2. The lowest BCUT2D eigenvalue weighted by Gasteiger charge is -2.39. The highest BCUT2D eigenvalue weighted by Gasteiger charge is 2.64. The van der Waals surface area contributed by atoms with Crippen LogP contribution in [0, 0.1) is 16.7 Å². The van der Waals surface area contributed by atoms with Crippen LogP contribution in [-0.2, 0) is 10.1 Å². The number of hydrogen-bond acceptors (Lipinski definition) is 3. The molecule has 3 atom stereocenters. The van der Waals surface area contributed by atoms with Gasteiger partial charge in [0, 0.05) is 5.41 Å². The zero-order chi connectivity index (χ0) is 11.5. The van der Waals surface area contributed by atoms with Gasteiger partial charge in [0.2, 0.25) is 0 Å². The van der Waals surface area contributed by atoms with E-state index in [-0.39, 0.29) is 11.2 Å². The molecule has 5 heteroatoms. The Bertz CT molecular complexity index is 373. The average Bonchev–Trinajstić information content (AvgIpc) is 2.34. The van der Waals surface area contributed by atoms with E-state index in [1.54, 1.807) is 0 Å². The zero-order valence-corrected chi connectivity index (χ0v) is 9.92. The summed E-state index contributed by atoms with van der Waals surface area (Å²) in [5.74, 6) is 0.0826. The van der Waals surface area contributed by atoms with Crippen LogP contribution in [0.2, 0.25) is 0 Å². The van der Waals surface area contributed by atoms with Gasteiger partial charge in [-0.15, -0.1) is 0 Å². The van der Waals surface area contributed by atoms with Crippen LogP contribution in [0.3, 0.4) is 0 Å². The molecule has 2 saturated carbocycles. The summed E-state index contributed by atoms with van der Waals surface area (Å²) in [6, 6.07) is 0. The largest absolute Gasteiger partial charge is 0.392 e. The fourth-order valence-corrected chi connectivity index (χ4v) is 5.06. The minimum absolute atomic E-state index is 0.192. The molecule has 0 unspecified atom stereocenters. The number of rotatable bonds is 2. The highest BCUT2D eigenvalue weighted by Crippen LogP contribution is 2.65. The smallest absolute Gasteiger partial charge is 0.265 e. The molecular weight excluding hydrogens is 216 g/mol. The molecule has 0 heterocycles. The Labute approximate surface area is 90.4 Å². The third-order valence-corrected chi connectivity index (χ3v) is 5.71. The number of fused-ring (bicyclic) bond motifs is 2. The molecule has 2 fully saturated rings. The van der Waals surface area contributed by atoms with E-state index in [2.05, 4.69) is 0 Å². The number of aliphatic hydroxyl groups excluding tert-OH is 1. The van der Waals surface area contributed by atoms with Crippen LogP contribution in [0.15, 0.2) is 0 Å². The summed E-state index contributed by atoms with van der Waals surface area (Å²) in [6.07, 6.45) is 1.74. The highest BCUT2D eigenvalue weighted by molar-refractivity contribution is 7.85. The first-order valence-electron chi connectivity index (χ1n) is 5.32. The van der Waals surface area contributed by atoms with Crippen LogP contribution in [0.4, 0.5) is 0 Å². The van der Waals surface area contributed by atoms with Crippen molar-refractivity contribution in [3.63, 3.8) is 0 Å². The van der Waals surface area contributed by atoms with E-state index in [0.29, 0.717) is 18.8 Å². The molecule has 2 N–H and O–H groups in total. The average molecular weight is 234 g/mol. The molecule has 0 amide bonds. The first-order valence-corrected chi connectivity index (χ1v) is 6.93. The van der Waals surface area contributed by atoms with Crippen LogP contribution >= 0.6 is 0 Å². The van der Waals surface area contributed by atoms with Gasteiger partial charge in [0.05, 0.1) is 11.9 Å². The van der Waals surface area contributed by atoms with Gasteiger partial charge in [0.1, 0.15) is 0 Å². The maximum Gasteiger partial charge on any atom is 0.265 e.